The van der Waals surface area contributed by atoms with E-state index in [0.717, 1.165) is 56.7 Å². The molecule has 136 valence electrons. The SMILES string of the molecule is CC1=C2[C@H]3OC(=O)[C@H](CN4CCN(C)CC4)[C@@H]3CC[C@@]2(C)C=CC1=O. The molecule has 4 aliphatic rings. The molecule has 2 saturated heterocycles. The number of allylic oxidation sites excluding steroid dienone is 3. The lowest BCUT2D eigenvalue weighted by Crippen LogP contribution is -2.48. The molecule has 0 aromatic carbocycles. The highest BCUT2D eigenvalue weighted by Crippen LogP contribution is 2.53. The molecule has 2 aliphatic carbocycles. The third-order valence-electron chi connectivity index (χ3n) is 6.78. The molecule has 3 fully saturated rings. The fourth-order valence-electron chi connectivity index (χ4n) is 5.09. The lowest BCUT2D eigenvalue weighted by molar-refractivity contribution is -0.144. The van der Waals surface area contributed by atoms with Crippen molar-refractivity contribution in [2.24, 2.45) is 17.3 Å². The summed E-state index contributed by atoms with van der Waals surface area (Å²) in [6.07, 6.45) is 5.48. The second-order valence-corrected chi connectivity index (χ2v) is 8.42. The van der Waals surface area contributed by atoms with Crippen molar-refractivity contribution < 1.29 is 14.3 Å². The van der Waals surface area contributed by atoms with Gasteiger partial charge in [0, 0.05) is 49.6 Å². The van der Waals surface area contributed by atoms with Crippen molar-refractivity contribution in [3.05, 3.63) is 23.3 Å². The molecule has 4 atom stereocenters. The predicted molar refractivity (Wildman–Crippen MR) is 95.0 cm³/mol. The molecule has 0 aromatic rings. The molecule has 0 radical (unpaired) electrons. The summed E-state index contributed by atoms with van der Waals surface area (Å²) in [5, 5.41) is 0. The summed E-state index contributed by atoms with van der Waals surface area (Å²) in [6.45, 7) is 8.99. The normalized spacial score (nSPS) is 39.4. The third-order valence-corrected chi connectivity index (χ3v) is 6.78. The molecular weight excluding hydrogens is 316 g/mol. The number of rotatable bonds is 2. The van der Waals surface area contributed by atoms with Crippen molar-refractivity contribution in [2.75, 3.05) is 39.8 Å². The van der Waals surface area contributed by atoms with Crippen molar-refractivity contribution in [2.45, 2.75) is 32.8 Å². The number of carbonyl (C=O) groups excluding carboxylic acids is 2. The zero-order chi connectivity index (χ0) is 17.8. The average molecular weight is 344 g/mol. The zero-order valence-electron chi connectivity index (χ0n) is 15.5. The first-order valence-electron chi connectivity index (χ1n) is 9.45. The van der Waals surface area contributed by atoms with Crippen LogP contribution >= 0.6 is 0 Å². The summed E-state index contributed by atoms with van der Waals surface area (Å²) in [6, 6.07) is 0. The van der Waals surface area contributed by atoms with E-state index in [4.69, 9.17) is 4.74 Å². The summed E-state index contributed by atoms with van der Waals surface area (Å²) in [7, 11) is 2.14. The largest absolute Gasteiger partial charge is 0.457 e. The van der Waals surface area contributed by atoms with E-state index in [-0.39, 0.29) is 35.1 Å². The lowest BCUT2D eigenvalue weighted by Gasteiger charge is -2.43. The molecule has 5 nitrogen and oxygen atoms in total. The van der Waals surface area contributed by atoms with E-state index in [2.05, 4.69) is 23.8 Å². The summed E-state index contributed by atoms with van der Waals surface area (Å²) in [5.41, 5.74) is 1.71. The van der Waals surface area contributed by atoms with E-state index in [1.54, 1.807) is 6.08 Å². The van der Waals surface area contributed by atoms with E-state index in [0.29, 0.717) is 0 Å². The Morgan fingerprint density at radius 2 is 1.96 bits per heavy atom. The Bertz CT molecular complexity index is 660. The van der Waals surface area contributed by atoms with Gasteiger partial charge in [-0.15, -0.1) is 0 Å². The number of ketones is 1. The van der Waals surface area contributed by atoms with Gasteiger partial charge in [0.2, 0.25) is 0 Å². The minimum atomic E-state index is -0.211. The summed E-state index contributed by atoms with van der Waals surface area (Å²) in [5.74, 6) is 0.149. The van der Waals surface area contributed by atoms with Gasteiger partial charge in [-0.25, -0.2) is 0 Å². The quantitative estimate of drug-likeness (QED) is 0.713. The highest BCUT2D eigenvalue weighted by Gasteiger charge is 2.54. The van der Waals surface area contributed by atoms with Gasteiger partial charge in [0.1, 0.15) is 6.10 Å². The molecule has 2 aliphatic heterocycles. The van der Waals surface area contributed by atoms with E-state index in [1.165, 1.54) is 0 Å². The molecular formula is C20H28N2O3. The van der Waals surface area contributed by atoms with Gasteiger partial charge in [-0.05, 0) is 38.5 Å². The molecule has 2 heterocycles. The number of esters is 1. The van der Waals surface area contributed by atoms with E-state index >= 15 is 0 Å². The smallest absolute Gasteiger partial charge is 0.311 e. The van der Waals surface area contributed by atoms with Crippen LogP contribution in [0.1, 0.15) is 26.7 Å². The van der Waals surface area contributed by atoms with Crippen molar-refractivity contribution in [1.82, 2.24) is 9.80 Å². The molecule has 0 amide bonds. The van der Waals surface area contributed by atoms with Crippen LogP contribution in [0.4, 0.5) is 0 Å². The van der Waals surface area contributed by atoms with E-state index in [9.17, 15) is 9.59 Å². The maximum atomic E-state index is 12.7. The number of hydrogen-bond acceptors (Lipinski definition) is 5. The van der Waals surface area contributed by atoms with Gasteiger partial charge >= 0.3 is 5.97 Å². The van der Waals surface area contributed by atoms with Crippen LogP contribution in [0.2, 0.25) is 0 Å². The Morgan fingerprint density at radius 1 is 1.24 bits per heavy atom. The fourth-order valence-corrected chi connectivity index (χ4v) is 5.09. The molecule has 5 heteroatoms. The topological polar surface area (TPSA) is 49.9 Å². The minimum Gasteiger partial charge on any atom is -0.457 e. The van der Waals surface area contributed by atoms with Crippen LogP contribution in [0.5, 0.6) is 0 Å². The predicted octanol–water partition coefficient (Wildman–Crippen LogP) is 1.65. The number of likely N-dealkylation sites (N-methyl/N-ethyl adjacent to an activating group) is 1. The van der Waals surface area contributed by atoms with Crippen molar-refractivity contribution in [3.63, 3.8) is 0 Å². The minimum absolute atomic E-state index is 0.0562. The molecule has 0 spiro atoms. The number of piperazine rings is 1. The molecule has 4 rings (SSSR count). The number of hydrogen-bond donors (Lipinski definition) is 0. The van der Waals surface area contributed by atoms with Gasteiger partial charge in [0.15, 0.2) is 5.78 Å². The van der Waals surface area contributed by atoms with Gasteiger partial charge in [-0.3, -0.25) is 14.5 Å². The van der Waals surface area contributed by atoms with Crippen LogP contribution < -0.4 is 0 Å². The van der Waals surface area contributed by atoms with Crippen LogP contribution in [-0.4, -0.2) is 67.4 Å². The van der Waals surface area contributed by atoms with Gasteiger partial charge in [-0.2, -0.15) is 0 Å². The molecule has 0 bridgehead atoms. The van der Waals surface area contributed by atoms with E-state index < -0.39 is 0 Å². The van der Waals surface area contributed by atoms with Crippen molar-refractivity contribution in [3.8, 4) is 0 Å². The standard InChI is InChI=1S/C20H28N2O3/c1-13-16(23)5-7-20(2)6-4-14-15(19(24)25-18(14)17(13)20)12-22-10-8-21(3)9-11-22/h5,7,14-15,18H,4,6,8-12H2,1-3H3/t14-,15+,18-,20-/m0/s1. The van der Waals surface area contributed by atoms with Crippen molar-refractivity contribution in [1.29, 1.82) is 0 Å². The van der Waals surface area contributed by atoms with Gasteiger partial charge < -0.3 is 9.64 Å². The number of ether oxygens (including phenoxy) is 1. The molecule has 1 saturated carbocycles. The Labute approximate surface area is 149 Å². The summed E-state index contributed by atoms with van der Waals surface area (Å²) in [4.78, 5) is 29.6. The molecule has 0 unspecified atom stereocenters. The first-order valence-corrected chi connectivity index (χ1v) is 9.45. The maximum Gasteiger partial charge on any atom is 0.311 e. The first-order chi connectivity index (χ1) is 11.9. The highest BCUT2D eigenvalue weighted by molar-refractivity contribution is 6.05. The van der Waals surface area contributed by atoms with Crippen LogP contribution in [0.3, 0.4) is 0 Å². The lowest BCUT2D eigenvalue weighted by atomic mass is 9.61. The Hall–Kier alpha value is -1.46. The molecule has 25 heavy (non-hydrogen) atoms. The van der Waals surface area contributed by atoms with Crippen LogP contribution in [0.15, 0.2) is 23.3 Å². The maximum absolute atomic E-state index is 12.7. The van der Waals surface area contributed by atoms with Gasteiger partial charge in [0.25, 0.3) is 0 Å². The molecule has 0 N–H and O–H groups in total. The van der Waals surface area contributed by atoms with Crippen LogP contribution in [0.25, 0.3) is 0 Å². The second kappa shape index (κ2) is 6.06. The zero-order valence-corrected chi connectivity index (χ0v) is 15.5. The van der Waals surface area contributed by atoms with Crippen LogP contribution in [-0.2, 0) is 14.3 Å². The Morgan fingerprint density at radius 3 is 2.68 bits per heavy atom. The van der Waals surface area contributed by atoms with E-state index in [1.807, 2.05) is 13.0 Å². The van der Waals surface area contributed by atoms with Gasteiger partial charge in [0.05, 0.1) is 5.92 Å². The highest BCUT2D eigenvalue weighted by atomic mass is 16.6. The van der Waals surface area contributed by atoms with Crippen LogP contribution in [0, 0.1) is 17.3 Å². The number of fused-ring (bicyclic) bond motifs is 3. The average Bonchev–Trinajstić information content (AvgIpc) is 2.89. The fraction of sp³-hybridized carbons (Fsp3) is 0.700. The Balaban J connectivity index is 1.56. The Kier molecular flexibility index (Phi) is 4.12. The number of nitrogens with zero attached hydrogens (tertiary/aromatic N) is 2. The second-order valence-electron chi connectivity index (χ2n) is 8.42. The summed E-state index contributed by atoms with van der Waals surface area (Å²) < 4.78 is 5.87. The third kappa shape index (κ3) is 2.77. The van der Waals surface area contributed by atoms with Crippen molar-refractivity contribution >= 4 is 11.8 Å². The monoisotopic (exact) mass is 344 g/mol. The number of carbonyl (C=O) groups is 2. The van der Waals surface area contributed by atoms with Gasteiger partial charge in [-0.1, -0.05) is 13.0 Å². The summed E-state index contributed by atoms with van der Waals surface area (Å²) >= 11 is 0. The molecule has 0 aromatic heterocycles. The first kappa shape index (κ1) is 17.0.